The molecule has 0 radical (unpaired) electrons. The lowest BCUT2D eigenvalue weighted by molar-refractivity contribution is 0.987. The number of anilines is 1. The fourth-order valence-corrected chi connectivity index (χ4v) is 2.02. The third-order valence-corrected chi connectivity index (χ3v) is 2.93. The summed E-state index contributed by atoms with van der Waals surface area (Å²) >= 11 is 1.16. The van der Waals surface area contributed by atoms with Crippen molar-refractivity contribution in [3.63, 3.8) is 0 Å². The highest BCUT2D eigenvalue weighted by Crippen LogP contribution is 2.23. The van der Waals surface area contributed by atoms with Crippen LogP contribution in [-0.4, -0.2) is 28.2 Å². The van der Waals surface area contributed by atoms with Crippen molar-refractivity contribution in [1.29, 1.82) is 5.41 Å². The highest BCUT2D eigenvalue weighted by Gasteiger charge is 2.06. The van der Waals surface area contributed by atoms with E-state index in [9.17, 15) is 0 Å². The summed E-state index contributed by atoms with van der Waals surface area (Å²) in [6, 6.07) is 7.58. The molecular formula is C12H15N7S. The van der Waals surface area contributed by atoms with E-state index in [1.807, 2.05) is 31.2 Å². The molecule has 0 saturated heterocycles. The predicted octanol–water partition coefficient (Wildman–Crippen LogP) is 1.78. The van der Waals surface area contributed by atoms with Gasteiger partial charge in [0.25, 0.3) is 0 Å². The number of aromatic nitrogens is 2. The smallest absolute Gasteiger partial charge is 0.209 e. The Morgan fingerprint density at radius 1 is 1.45 bits per heavy atom. The molecule has 0 saturated carbocycles. The van der Waals surface area contributed by atoms with Gasteiger partial charge in [-0.1, -0.05) is 0 Å². The lowest BCUT2D eigenvalue weighted by atomic mass is 10.2. The van der Waals surface area contributed by atoms with Gasteiger partial charge in [0.15, 0.2) is 11.8 Å². The minimum absolute atomic E-state index is 0.152. The SMILES string of the molecule is CCN/C=N/c1ccc(-c2nsc(NC(=N)N)n2)cc1. The normalized spacial score (nSPS) is 10.7. The average Bonchev–Trinajstić information content (AvgIpc) is 2.87. The molecule has 7 nitrogen and oxygen atoms in total. The quantitative estimate of drug-likeness (QED) is 0.495. The van der Waals surface area contributed by atoms with Gasteiger partial charge >= 0.3 is 0 Å². The Morgan fingerprint density at radius 3 is 2.85 bits per heavy atom. The fraction of sp³-hybridized carbons (Fsp3) is 0.167. The fourth-order valence-electron chi connectivity index (χ4n) is 1.41. The van der Waals surface area contributed by atoms with E-state index in [1.54, 1.807) is 6.34 Å². The lowest BCUT2D eigenvalue weighted by Crippen LogP contribution is -2.20. The molecule has 0 atom stereocenters. The summed E-state index contributed by atoms with van der Waals surface area (Å²) in [5.74, 6) is 0.446. The summed E-state index contributed by atoms with van der Waals surface area (Å²) in [5, 5.41) is 13.3. The lowest BCUT2D eigenvalue weighted by Gasteiger charge is -1.98. The zero-order valence-corrected chi connectivity index (χ0v) is 11.7. The zero-order chi connectivity index (χ0) is 14.4. The molecule has 104 valence electrons. The minimum atomic E-state index is -0.152. The Bertz CT molecular complexity index is 603. The first-order valence-electron chi connectivity index (χ1n) is 6.00. The first-order chi connectivity index (χ1) is 9.69. The molecule has 0 amide bonds. The second-order valence-corrected chi connectivity index (χ2v) is 4.58. The molecule has 1 aromatic carbocycles. The molecule has 2 aromatic rings. The Kier molecular flexibility index (Phi) is 4.61. The number of hydrogen-bond donors (Lipinski definition) is 4. The molecule has 20 heavy (non-hydrogen) atoms. The van der Waals surface area contributed by atoms with Crippen LogP contribution in [0.25, 0.3) is 11.4 Å². The zero-order valence-electron chi connectivity index (χ0n) is 10.9. The van der Waals surface area contributed by atoms with Gasteiger partial charge in [-0.25, -0.2) is 4.99 Å². The number of nitrogens with one attached hydrogen (secondary N) is 3. The molecular weight excluding hydrogens is 274 g/mol. The Morgan fingerprint density at radius 2 is 2.20 bits per heavy atom. The van der Waals surface area contributed by atoms with Crippen LogP contribution in [0.3, 0.4) is 0 Å². The molecule has 0 fully saturated rings. The van der Waals surface area contributed by atoms with Crippen LogP contribution < -0.4 is 16.4 Å². The highest BCUT2D eigenvalue weighted by molar-refractivity contribution is 7.10. The molecule has 1 aromatic heterocycles. The van der Waals surface area contributed by atoms with Gasteiger partial charge in [-0.2, -0.15) is 9.36 Å². The summed E-state index contributed by atoms with van der Waals surface area (Å²) in [5.41, 5.74) is 6.98. The Labute approximate surface area is 120 Å². The van der Waals surface area contributed by atoms with Gasteiger partial charge in [-0.05, 0) is 31.2 Å². The second-order valence-electron chi connectivity index (χ2n) is 3.82. The van der Waals surface area contributed by atoms with Crippen molar-refractivity contribution in [2.45, 2.75) is 6.92 Å². The van der Waals surface area contributed by atoms with Crippen LogP contribution >= 0.6 is 11.5 Å². The summed E-state index contributed by atoms with van der Waals surface area (Å²) in [6.07, 6.45) is 1.67. The van der Waals surface area contributed by atoms with E-state index >= 15 is 0 Å². The van der Waals surface area contributed by atoms with Gasteiger partial charge in [-0.15, -0.1) is 0 Å². The van der Waals surface area contributed by atoms with Crippen LogP contribution in [0.1, 0.15) is 6.92 Å². The average molecular weight is 289 g/mol. The van der Waals surface area contributed by atoms with Gasteiger partial charge in [-0.3, -0.25) is 5.41 Å². The van der Waals surface area contributed by atoms with Gasteiger partial charge in [0, 0.05) is 23.6 Å². The van der Waals surface area contributed by atoms with E-state index in [1.165, 1.54) is 0 Å². The van der Waals surface area contributed by atoms with Crippen LogP contribution in [0.15, 0.2) is 29.3 Å². The third-order valence-electron chi connectivity index (χ3n) is 2.30. The van der Waals surface area contributed by atoms with Gasteiger partial charge in [0.05, 0.1) is 12.0 Å². The highest BCUT2D eigenvalue weighted by atomic mass is 32.1. The Hall–Kier alpha value is -2.48. The Balaban J connectivity index is 2.09. The first-order valence-corrected chi connectivity index (χ1v) is 6.77. The number of benzene rings is 1. The monoisotopic (exact) mass is 289 g/mol. The van der Waals surface area contributed by atoms with Crippen LogP contribution in [0.4, 0.5) is 10.8 Å². The van der Waals surface area contributed by atoms with Crippen molar-refractivity contribution >= 4 is 34.6 Å². The van der Waals surface area contributed by atoms with E-state index in [0.29, 0.717) is 11.0 Å². The molecule has 0 spiro atoms. The molecule has 0 aliphatic carbocycles. The summed E-state index contributed by atoms with van der Waals surface area (Å²) in [4.78, 5) is 8.49. The van der Waals surface area contributed by atoms with Crippen LogP contribution in [0, 0.1) is 5.41 Å². The van der Waals surface area contributed by atoms with Crippen molar-refractivity contribution in [1.82, 2.24) is 14.7 Å². The van der Waals surface area contributed by atoms with Crippen LogP contribution in [-0.2, 0) is 0 Å². The van der Waals surface area contributed by atoms with Gasteiger partial charge in [0.1, 0.15) is 0 Å². The van der Waals surface area contributed by atoms with E-state index in [-0.39, 0.29) is 5.96 Å². The molecule has 0 unspecified atom stereocenters. The first kappa shape index (κ1) is 13.9. The summed E-state index contributed by atoms with van der Waals surface area (Å²) in [6.45, 7) is 2.85. The number of guanidine groups is 1. The number of nitrogens with zero attached hydrogens (tertiary/aromatic N) is 3. The summed E-state index contributed by atoms with van der Waals surface area (Å²) < 4.78 is 4.21. The number of hydrogen-bond acceptors (Lipinski definition) is 5. The molecule has 8 heteroatoms. The number of rotatable bonds is 5. The van der Waals surface area contributed by atoms with E-state index in [2.05, 4.69) is 25.0 Å². The van der Waals surface area contributed by atoms with Crippen molar-refractivity contribution in [2.75, 3.05) is 11.9 Å². The van der Waals surface area contributed by atoms with E-state index in [4.69, 9.17) is 11.1 Å². The maximum Gasteiger partial charge on any atom is 0.209 e. The standard InChI is InChI=1S/C12H15N7S/c1-2-15-7-16-9-5-3-8(4-6-9)10-17-12(20-19-10)18-11(13)14/h3-7H,2H2,1H3,(H,15,16)(H4,13,14,17,18,19). The van der Waals surface area contributed by atoms with Crippen molar-refractivity contribution in [3.05, 3.63) is 24.3 Å². The molecule has 2 rings (SSSR count). The number of nitrogens with two attached hydrogens (primary N) is 1. The van der Waals surface area contributed by atoms with Gasteiger partial charge < -0.3 is 16.4 Å². The topological polar surface area (TPSA) is 112 Å². The third kappa shape index (κ3) is 3.75. The second kappa shape index (κ2) is 6.62. The molecule has 0 aliphatic rings. The van der Waals surface area contributed by atoms with Crippen LogP contribution in [0.5, 0.6) is 0 Å². The largest absolute Gasteiger partial charge is 0.376 e. The maximum atomic E-state index is 7.14. The number of aliphatic imine (C=N–C) groups is 1. The minimum Gasteiger partial charge on any atom is -0.376 e. The molecule has 5 N–H and O–H groups in total. The van der Waals surface area contributed by atoms with Crippen molar-refractivity contribution in [3.8, 4) is 11.4 Å². The van der Waals surface area contributed by atoms with Crippen LogP contribution in [0.2, 0.25) is 0 Å². The predicted molar refractivity (Wildman–Crippen MR) is 82.7 cm³/mol. The maximum absolute atomic E-state index is 7.14. The summed E-state index contributed by atoms with van der Waals surface area (Å²) in [7, 11) is 0. The van der Waals surface area contributed by atoms with Crippen molar-refractivity contribution < 1.29 is 0 Å². The van der Waals surface area contributed by atoms with Gasteiger partial charge in [0.2, 0.25) is 5.13 Å². The molecule has 0 bridgehead atoms. The van der Waals surface area contributed by atoms with Crippen molar-refractivity contribution in [2.24, 2.45) is 10.7 Å². The van der Waals surface area contributed by atoms with E-state index < -0.39 is 0 Å². The molecule has 1 heterocycles. The molecule has 0 aliphatic heterocycles. The van der Waals surface area contributed by atoms with E-state index in [0.717, 1.165) is 29.3 Å².